The van der Waals surface area contributed by atoms with Gasteiger partial charge in [-0.1, -0.05) is 25.5 Å². The average molecular weight is 247 g/mol. The first-order valence-electron chi connectivity index (χ1n) is 7.11. The molecule has 0 aliphatic carbocycles. The van der Waals surface area contributed by atoms with Gasteiger partial charge in [0, 0.05) is 13.1 Å². The van der Waals surface area contributed by atoms with E-state index in [1.165, 1.54) is 37.9 Å². The standard InChI is InChI=1S/C16H25NO/c1-4-5-14-6-7-17(10-14)11-15-8-12(2)16(18)13(3)9-15/h8-9,14,18H,4-7,10-11H2,1-3H3. The van der Waals surface area contributed by atoms with Crippen molar-refractivity contribution < 1.29 is 5.11 Å². The van der Waals surface area contributed by atoms with Crippen LogP contribution in [0.15, 0.2) is 12.1 Å². The van der Waals surface area contributed by atoms with E-state index in [2.05, 4.69) is 24.0 Å². The summed E-state index contributed by atoms with van der Waals surface area (Å²) in [6.45, 7) is 9.74. The largest absolute Gasteiger partial charge is 0.507 e. The molecule has 2 rings (SSSR count). The van der Waals surface area contributed by atoms with Gasteiger partial charge in [-0.3, -0.25) is 4.90 Å². The number of phenolic OH excluding ortho intramolecular Hbond substituents is 1. The molecule has 1 unspecified atom stereocenters. The number of phenols is 1. The third-order valence-electron chi connectivity index (χ3n) is 4.02. The van der Waals surface area contributed by atoms with E-state index in [1.54, 1.807) is 0 Å². The van der Waals surface area contributed by atoms with Crippen molar-refractivity contribution in [2.75, 3.05) is 13.1 Å². The number of hydrogen-bond donors (Lipinski definition) is 1. The summed E-state index contributed by atoms with van der Waals surface area (Å²) in [6.07, 6.45) is 4.02. The van der Waals surface area contributed by atoms with E-state index in [4.69, 9.17) is 0 Å². The lowest BCUT2D eigenvalue weighted by Crippen LogP contribution is -2.20. The fourth-order valence-electron chi connectivity index (χ4n) is 3.10. The highest BCUT2D eigenvalue weighted by Crippen LogP contribution is 2.26. The van der Waals surface area contributed by atoms with E-state index >= 15 is 0 Å². The Morgan fingerprint density at radius 2 is 1.94 bits per heavy atom. The Kier molecular flexibility index (Phi) is 4.28. The smallest absolute Gasteiger partial charge is 0.121 e. The molecule has 1 aromatic carbocycles. The lowest BCUT2D eigenvalue weighted by molar-refractivity contribution is 0.312. The van der Waals surface area contributed by atoms with Crippen molar-refractivity contribution in [1.82, 2.24) is 4.90 Å². The molecule has 100 valence electrons. The molecule has 2 nitrogen and oxygen atoms in total. The molecule has 1 saturated heterocycles. The van der Waals surface area contributed by atoms with Gasteiger partial charge in [0.05, 0.1) is 0 Å². The Morgan fingerprint density at radius 3 is 2.56 bits per heavy atom. The Balaban J connectivity index is 1.98. The first-order chi connectivity index (χ1) is 8.60. The number of nitrogens with zero attached hydrogens (tertiary/aromatic N) is 1. The molecule has 1 aliphatic heterocycles. The maximum atomic E-state index is 9.79. The number of rotatable bonds is 4. The third kappa shape index (κ3) is 3.05. The summed E-state index contributed by atoms with van der Waals surface area (Å²) in [5, 5.41) is 9.79. The van der Waals surface area contributed by atoms with Gasteiger partial charge in [0.2, 0.25) is 0 Å². The lowest BCUT2D eigenvalue weighted by atomic mass is 10.0. The predicted octanol–water partition coefficient (Wildman–Crippen LogP) is 3.63. The normalized spacial score (nSPS) is 20.5. The van der Waals surface area contributed by atoms with Gasteiger partial charge in [-0.05, 0) is 55.8 Å². The highest BCUT2D eigenvalue weighted by molar-refractivity contribution is 5.42. The lowest BCUT2D eigenvalue weighted by Gasteiger charge is -2.17. The predicted molar refractivity (Wildman–Crippen MR) is 75.9 cm³/mol. The fraction of sp³-hybridized carbons (Fsp3) is 0.625. The second-order valence-corrected chi connectivity index (χ2v) is 5.76. The van der Waals surface area contributed by atoms with Gasteiger partial charge in [0.1, 0.15) is 5.75 Å². The number of aromatic hydroxyl groups is 1. The SMILES string of the molecule is CCCC1CCN(Cc2cc(C)c(O)c(C)c2)C1. The van der Waals surface area contributed by atoms with E-state index in [9.17, 15) is 5.11 Å². The summed E-state index contributed by atoms with van der Waals surface area (Å²) in [7, 11) is 0. The molecule has 0 aromatic heterocycles. The third-order valence-corrected chi connectivity index (χ3v) is 4.02. The molecule has 0 radical (unpaired) electrons. The van der Waals surface area contributed by atoms with Crippen LogP contribution in [0, 0.1) is 19.8 Å². The maximum Gasteiger partial charge on any atom is 0.121 e. The van der Waals surface area contributed by atoms with Crippen molar-refractivity contribution in [2.24, 2.45) is 5.92 Å². The molecule has 18 heavy (non-hydrogen) atoms. The van der Waals surface area contributed by atoms with E-state index in [1.807, 2.05) is 13.8 Å². The van der Waals surface area contributed by atoms with Crippen molar-refractivity contribution in [2.45, 2.75) is 46.6 Å². The molecule has 1 aromatic rings. The van der Waals surface area contributed by atoms with Gasteiger partial charge in [-0.25, -0.2) is 0 Å². The molecular formula is C16H25NO. The summed E-state index contributed by atoms with van der Waals surface area (Å²) in [5.74, 6) is 1.35. The van der Waals surface area contributed by atoms with Crippen LogP contribution in [0.2, 0.25) is 0 Å². The highest BCUT2D eigenvalue weighted by atomic mass is 16.3. The number of benzene rings is 1. The summed E-state index contributed by atoms with van der Waals surface area (Å²) >= 11 is 0. The van der Waals surface area contributed by atoms with E-state index < -0.39 is 0 Å². The van der Waals surface area contributed by atoms with Gasteiger partial charge in [-0.2, -0.15) is 0 Å². The van der Waals surface area contributed by atoms with Gasteiger partial charge in [0.25, 0.3) is 0 Å². The molecule has 1 fully saturated rings. The van der Waals surface area contributed by atoms with Crippen molar-refractivity contribution in [3.63, 3.8) is 0 Å². The zero-order valence-electron chi connectivity index (χ0n) is 11.9. The minimum absolute atomic E-state index is 0.448. The maximum absolute atomic E-state index is 9.79. The molecule has 1 aliphatic rings. The Morgan fingerprint density at radius 1 is 1.28 bits per heavy atom. The molecule has 1 atom stereocenters. The summed E-state index contributed by atoms with van der Waals surface area (Å²) in [5.41, 5.74) is 3.32. The number of hydrogen-bond acceptors (Lipinski definition) is 2. The van der Waals surface area contributed by atoms with Crippen LogP contribution in [-0.4, -0.2) is 23.1 Å². The quantitative estimate of drug-likeness (QED) is 0.878. The highest BCUT2D eigenvalue weighted by Gasteiger charge is 2.21. The summed E-state index contributed by atoms with van der Waals surface area (Å²) in [4.78, 5) is 2.55. The van der Waals surface area contributed by atoms with Gasteiger partial charge >= 0.3 is 0 Å². The number of aryl methyl sites for hydroxylation is 2. The monoisotopic (exact) mass is 247 g/mol. The minimum atomic E-state index is 0.448. The molecule has 2 heteroatoms. The zero-order valence-corrected chi connectivity index (χ0v) is 11.9. The van der Waals surface area contributed by atoms with Crippen LogP contribution in [0.3, 0.4) is 0 Å². The zero-order chi connectivity index (χ0) is 13.1. The van der Waals surface area contributed by atoms with E-state index in [-0.39, 0.29) is 0 Å². The second-order valence-electron chi connectivity index (χ2n) is 5.76. The van der Waals surface area contributed by atoms with Gasteiger partial charge < -0.3 is 5.11 Å². The molecule has 1 N–H and O–H groups in total. The molecule has 0 saturated carbocycles. The van der Waals surface area contributed by atoms with Gasteiger partial charge in [0.15, 0.2) is 0 Å². The second kappa shape index (κ2) is 5.75. The van der Waals surface area contributed by atoms with Crippen LogP contribution in [0.4, 0.5) is 0 Å². The van der Waals surface area contributed by atoms with Crippen molar-refractivity contribution in [3.8, 4) is 5.75 Å². The van der Waals surface area contributed by atoms with Crippen LogP contribution < -0.4 is 0 Å². The van der Waals surface area contributed by atoms with Crippen molar-refractivity contribution in [3.05, 3.63) is 28.8 Å². The number of likely N-dealkylation sites (tertiary alicyclic amines) is 1. The van der Waals surface area contributed by atoms with Crippen LogP contribution in [0.1, 0.15) is 42.9 Å². The fourth-order valence-corrected chi connectivity index (χ4v) is 3.10. The first-order valence-corrected chi connectivity index (χ1v) is 7.11. The van der Waals surface area contributed by atoms with Crippen LogP contribution in [0.5, 0.6) is 5.75 Å². The van der Waals surface area contributed by atoms with E-state index in [0.717, 1.165) is 23.6 Å². The Hall–Kier alpha value is -1.02. The average Bonchev–Trinajstić information content (AvgIpc) is 2.74. The van der Waals surface area contributed by atoms with Crippen molar-refractivity contribution >= 4 is 0 Å². The Labute approximate surface area is 111 Å². The van der Waals surface area contributed by atoms with Crippen LogP contribution >= 0.6 is 0 Å². The molecule has 0 spiro atoms. The molecule has 0 bridgehead atoms. The Bertz CT molecular complexity index is 391. The molecular weight excluding hydrogens is 222 g/mol. The minimum Gasteiger partial charge on any atom is -0.507 e. The van der Waals surface area contributed by atoms with Crippen molar-refractivity contribution in [1.29, 1.82) is 0 Å². The first kappa shape index (κ1) is 13.4. The van der Waals surface area contributed by atoms with Crippen LogP contribution in [0.25, 0.3) is 0 Å². The summed E-state index contributed by atoms with van der Waals surface area (Å²) < 4.78 is 0. The van der Waals surface area contributed by atoms with Gasteiger partial charge in [-0.15, -0.1) is 0 Å². The van der Waals surface area contributed by atoms with Crippen LogP contribution in [-0.2, 0) is 6.54 Å². The van der Waals surface area contributed by atoms with E-state index in [0.29, 0.717) is 5.75 Å². The molecule has 1 heterocycles. The molecule has 0 amide bonds. The topological polar surface area (TPSA) is 23.5 Å². The summed E-state index contributed by atoms with van der Waals surface area (Å²) in [6, 6.07) is 4.24.